The molecule has 2 heterocycles. The Morgan fingerprint density at radius 1 is 1.42 bits per heavy atom. The van der Waals surface area contributed by atoms with Gasteiger partial charge in [0.25, 0.3) is 10.2 Å². The summed E-state index contributed by atoms with van der Waals surface area (Å²) in [4.78, 5) is 7.50. The van der Waals surface area contributed by atoms with Gasteiger partial charge in [-0.1, -0.05) is 0 Å². The lowest BCUT2D eigenvalue weighted by Crippen LogP contribution is -2.44. The van der Waals surface area contributed by atoms with Gasteiger partial charge in [0.2, 0.25) is 0 Å². The molecule has 0 amide bonds. The summed E-state index contributed by atoms with van der Waals surface area (Å²) >= 11 is 0. The maximum atomic E-state index is 12.5. The van der Waals surface area contributed by atoms with Crippen LogP contribution in [-0.2, 0) is 21.5 Å². The topological polar surface area (TPSA) is 96.6 Å². The standard InChI is InChI=1S/C15H22N4O4S/c1-22-10-11-4-3-7-19(11)24(20,21)16-9-15-17-13-6-5-12(23-2)8-14(13)18-15/h5-6,8,11,16H,3-4,7,9-10H2,1-2H3,(H,17,18)/t11-/m0/s1. The number of imidazole rings is 1. The highest BCUT2D eigenvalue weighted by Crippen LogP contribution is 2.21. The molecule has 0 saturated carbocycles. The molecule has 0 bridgehead atoms. The molecular formula is C15H22N4O4S. The van der Waals surface area contributed by atoms with E-state index in [-0.39, 0.29) is 12.6 Å². The molecule has 9 heteroatoms. The summed E-state index contributed by atoms with van der Waals surface area (Å²) in [6.07, 6.45) is 1.67. The van der Waals surface area contributed by atoms with Crippen molar-refractivity contribution in [3.63, 3.8) is 0 Å². The highest BCUT2D eigenvalue weighted by atomic mass is 32.2. The van der Waals surface area contributed by atoms with Gasteiger partial charge in [-0.05, 0) is 25.0 Å². The lowest BCUT2D eigenvalue weighted by Gasteiger charge is -2.23. The van der Waals surface area contributed by atoms with Crippen molar-refractivity contribution in [1.29, 1.82) is 0 Å². The first kappa shape index (κ1) is 17.2. The Morgan fingerprint density at radius 2 is 2.25 bits per heavy atom. The van der Waals surface area contributed by atoms with Gasteiger partial charge in [-0.15, -0.1) is 0 Å². The average molecular weight is 354 g/mol. The Bertz CT molecular complexity index is 805. The summed E-state index contributed by atoms with van der Waals surface area (Å²) in [5, 5.41) is 0. The predicted molar refractivity (Wildman–Crippen MR) is 90.0 cm³/mol. The fourth-order valence-corrected chi connectivity index (χ4v) is 4.39. The van der Waals surface area contributed by atoms with Gasteiger partial charge in [-0.3, -0.25) is 0 Å². The van der Waals surface area contributed by atoms with Crippen molar-refractivity contribution in [2.45, 2.75) is 25.4 Å². The number of ether oxygens (including phenoxy) is 2. The maximum Gasteiger partial charge on any atom is 0.280 e. The summed E-state index contributed by atoms with van der Waals surface area (Å²) in [6, 6.07) is 5.37. The number of benzene rings is 1. The Morgan fingerprint density at radius 3 is 3.00 bits per heavy atom. The summed E-state index contributed by atoms with van der Waals surface area (Å²) in [5.74, 6) is 1.28. The van der Waals surface area contributed by atoms with Gasteiger partial charge < -0.3 is 14.5 Å². The molecular weight excluding hydrogens is 332 g/mol. The molecule has 1 fully saturated rings. The highest BCUT2D eigenvalue weighted by molar-refractivity contribution is 7.87. The van der Waals surface area contributed by atoms with Crippen molar-refractivity contribution in [1.82, 2.24) is 19.0 Å². The molecule has 0 aliphatic carbocycles. The molecule has 1 aromatic heterocycles. The average Bonchev–Trinajstić information content (AvgIpc) is 3.19. The van der Waals surface area contributed by atoms with Crippen LogP contribution in [0.25, 0.3) is 11.0 Å². The van der Waals surface area contributed by atoms with Crippen LogP contribution in [0.15, 0.2) is 18.2 Å². The van der Waals surface area contributed by atoms with Crippen molar-refractivity contribution < 1.29 is 17.9 Å². The summed E-state index contributed by atoms with van der Waals surface area (Å²) in [6.45, 7) is 1.03. The van der Waals surface area contributed by atoms with Crippen LogP contribution in [-0.4, -0.2) is 56.1 Å². The first-order chi connectivity index (χ1) is 11.5. The number of aromatic amines is 1. The van der Waals surface area contributed by atoms with Crippen LogP contribution in [0.5, 0.6) is 5.75 Å². The molecule has 2 aromatic rings. The van der Waals surface area contributed by atoms with Crippen LogP contribution in [0, 0.1) is 0 Å². The molecule has 1 saturated heterocycles. The fourth-order valence-electron chi connectivity index (χ4n) is 2.98. The van der Waals surface area contributed by atoms with E-state index >= 15 is 0 Å². The van der Waals surface area contributed by atoms with E-state index in [1.54, 1.807) is 14.2 Å². The Hall–Kier alpha value is -1.68. The molecule has 1 atom stereocenters. The number of nitrogens with zero attached hydrogens (tertiary/aromatic N) is 2. The SMILES string of the molecule is COC[C@@H]1CCCN1S(=O)(=O)NCc1nc2ccc(OC)cc2[nH]1. The van der Waals surface area contributed by atoms with E-state index in [0.717, 1.165) is 29.6 Å². The van der Waals surface area contributed by atoms with Crippen molar-refractivity contribution in [2.24, 2.45) is 0 Å². The lowest BCUT2D eigenvalue weighted by molar-refractivity contribution is 0.148. The van der Waals surface area contributed by atoms with Gasteiger partial charge in [-0.2, -0.15) is 17.4 Å². The van der Waals surface area contributed by atoms with Crippen LogP contribution in [0.4, 0.5) is 0 Å². The minimum atomic E-state index is -3.56. The molecule has 1 aliphatic rings. The number of rotatable bonds is 7. The van der Waals surface area contributed by atoms with E-state index in [1.165, 1.54) is 4.31 Å². The molecule has 3 rings (SSSR count). The Kier molecular flexibility index (Phi) is 5.04. The third-order valence-electron chi connectivity index (χ3n) is 4.15. The number of hydrogen-bond donors (Lipinski definition) is 2. The number of nitrogens with one attached hydrogen (secondary N) is 2. The molecule has 0 spiro atoms. The van der Waals surface area contributed by atoms with Crippen molar-refractivity contribution in [3.8, 4) is 5.75 Å². The molecule has 0 unspecified atom stereocenters. The zero-order valence-electron chi connectivity index (χ0n) is 13.8. The monoisotopic (exact) mass is 354 g/mol. The minimum absolute atomic E-state index is 0.104. The molecule has 1 aliphatic heterocycles. The number of fused-ring (bicyclic) bond motifs is 1. The second-order valence-corrected chi connectivity index (χ2v) is 7.46. The summed E-state index contributed by atoms with van der Waals surface area (Å²) < 4.78 is 39.4. The number of H-pyrrole nitrogens is 1. The van der Waals surface area contributed by atoms with Crippen molar-refractivity contribution in [3.05, 3.63) is 24.0 Å². The molecule has 132 valence electrons. The van der Waals surface area contributed by atoms with E-state index < -0.39 is 10.2 Å². The van der Waals surface area contributed by atoms with E-state index in [1.807, 2.05) is 18.2 Å². The Labute approximate surface area is 141 Å². The molecule has 24 heavy (non-hydrogen) atoms. The van der Waals surface area contributed by atoms with Gasteiger partial charge in [0.15, 0.2) is 0 Å². The molecule has 2 N–H and O–H groups in total. The second kappa shape index (κ2) is 7.06. The van der Waals surface area contributed by atoms with Crippen LogP contribution < -0.4 is 9.46 Å². The van der Waals surface area contributed by atoms with E-state index in [0.29, 0.717) is 19.0 Å². The van der Waals surface area contributed by atoms with Gasteiger partial charge >= 0.3 is 0 Å². The molecule has 1 aromatic carbocycles. The number of hydrogen-bond acceptors (Lipinski definition) is 5. The third kappa shape index (κ3) is 3.54. The fraction of sp³-hybridized carbons (Fsp3) is 0.533. The van der Waals surface area contributed by atoms with Crippen LogP contribution in [0.1, 0.15) is 18.7 Å². The van der Waals surface area contributed by atoms with Crippen molar-refractivity contribution >= 4 is 21.2 Å². The smallest absolute Gasteiger partial charge is 0.280 e. The quantitative estimate of drug-likeness (QED) is 0.774. The largest absolute Gasteiger partial charge is 0.497 e. The van der Waals surface area contributed by atoms with E-state index in [9.17, 15) is 8.42 Å². The molecule has 8 nitrogen and oxygen atoms in total. The highest BCUT2D eigenvalue weighted by Gasteiger charge is 2.33. The normalized spacial score (nSPS) is 19.2. The molecule has 0 radical (unpaired) electrons. The summed E-state index contributed by atoms with van der Waals surface area (Å²) in [7, 11) is -0.382. The van der Waals surface area contributed by atoms with Crippen LogP contribution in [0.2, 0.25) is 0 Å². The third-order valence-corrected chi connectivity index (χ3v) is 5.76. The van der Waals surface area contributed by atoms with Gasteiger partial charge in [0.05, 0.1) is 31.3 Å². The first-order valence-electron chi connectivity index (χ1n) is 7.81. The zero-order chi connectivity index (χ0) is 17.2. The van der Waals surface area contributed by atoms with Crippen LogP contribution in [0.3, 0.4) is 0 Å². The predicted octanol–water partition coefficient (Wildman–Crippen LogP) is 1.02. The van der Waals surface area contributed by atoms with E-state index in [4.69, 9.17) is 9.47 Å². The number of aromatic nitrogens is 2. The Balaban J connectivity index is 1.70. The van der Waals surface area contributed by atoms with Gasteiger partial charge in [0.1, 0.15) is 11.6 Å². The maximum absolute atomic E-state index is 12.5. The first-order valence-corrected chi connectivity index (χ1v) is 9.25. The van der Waals surface area contributed by atoms with Gasteiger partial charge in [0, 0.05) is 25.8 Å². The zero-order valence-corrected chi connectivity index (χ0v) is 14.6. The lowest BCUT2D eigenvalue weighted by atomic mass is 10.2. The minimum Gasteiger partial charge on any atom is -0.497 e. The second-order valence-electron chi connectivity index (χ2n) is 5.75. The summed E-state index contributed by atoms with van der Waals surface area (Å²) in [5.41, 5.74) is 1.57. The van der Waals surface area contributed by atoms with Crippen molar-refractivity contribution in [2.75, 3.05) is 27.4 Å². The number of methoxy groups -OCH3 is 2. The van der Waals surface area contributed by atoms with Crippen LogP contribution >= 0.6 is 0 Å². The van der Waals surface area contributed by atoms with Gasteiger partial charge in [-0.25, -0.2) is 4.98 Å². The van der Waals surface area contributed by atoms with E-state index in [2.05, 4.69) is 14.7 Å².